The number of nitrogens with zero attached hydrogens (tertiary/aromatic N) is 1. The smallest absolute Gasteiger partial charge is 0.291 e. The summed E-state index contributed by atoms with van der Waals surface area (Å²) < 4.78 is 32.0. The zero-order chi connectivity index (χ0) is 22.6. The molecule has 10 heteroatoms. The molecule has 1 aliphatic heterocycles. The normalized spacial score (nSPS) is 14.8. The Hall–Kier alpha value is -2.95. The van der Waals surface area contributed by atoms with Crippen LogP contribution in [0.1, 0.15) is 45.1 Å². The first-order valence-electron chi connectivity index (χ1n) is 10.3. The summed E-state index contributed by atoms with van der Waals surface area (Å²) in [5.41, 5.74) is 0.791. The predicted molar refractivity (Wildman–Crippen MR) is 121 cm³/mol. The average Bonchev–Trinajstić information content (AvgIpc) is 3.51. The van der Waals surface area contributed by atoms with Gasteiger partial charge >= 0.3 is 0 Å². The highest BCUT2D eigenvalue weighted by atomic mass is 32.2. The summed E-state index contributed by atoms with van der Waals surface area (Å²) in [7, 11) is -3.47. The molecule has 0 radical (unpaired) electrons. The number of amides is 2. The molecule has 2 aromatic heterocycles. The minimum atomic E-state index is -3.47. The van der Waals surface area contributed by atoms with Gasteiger partial charge in [0.2, 0.25) is 10.0 Å². The maximum absolute atomic E-state index is 12.7. The first kappa shape index (κ1) is 22.3. The lowest BCUT2D eigenvalue weighted by Crippen LogP contribution is -2.35. The van der Waals surface area contributed by atoms with Crippen molar-refractivity contribution in [2.45, 2.75) is 30.7 Å². The number of nitrogens with one attached hydrogen (secondary N) is 2. The van der Waals surface area contributed by atoms with E-state index in [1.54, 1.807) is 48.5 Å². The summed E-state index contributed by atoms with van der Waals surface area (Å²) in [6.07, 6.45) is 4.26. The molecular formula is C22H23N3O5S2. The molecule has 0 spiro atoms. The van der Waals surface area contributed by atoms with Gasteiger partial charge in [-0.15, -0.1) is 11.3 Å². The predicted octanol–water partition coefficient (Wildman–Crippen LogP) is 3.70. The number of anilines is 1. The molecule has 0 saturated carbocycles. The first-order valence-corrected chi connectivity index (χ1v) is 12.5. The van der Waals surface area contributed by atoms with Gasteiger partial charge < -0.3 is 15.1 Å². The average molecular weight is 474 g/mol. The van der Waals surface area contributed by atoms with Gasteiger partial charge in [0.25, 0.3) is 11.8 Å². The standard InChI is InChI=1S/C22H23N3O5S2/c26-21(18-5-4-14-30-18)24-20-11-10-19(31-20)22(27)23-15-16-6-8-17(9-7-16)32(28,29)25-12-2-1-3-13-25/h4-11,14H,1-3,12-13,15H2,(H,23,27)(H,24,26). The minimum absolute atomic E-state index is 0.190. The van der Waals surface area contributed by atoms with Gasteiger partial charge in [0.1, 0.15) is 0 Å². The van der Waals surface area contributed by atoms with E-state index in [0.29, 0.717) is 23.0 Å². The SMILES string of the molecule is O=C(Nc1ccc(C(=O)NCc2ccc(S(=O)(=O)N3CCCCC3)cc2)s1)c1ccco1. The Bertz CT molecular complexity index is 1180. The maximum Gasteiger partial charge on any atom is 0.291 e. The van der Waals surface area contributed by atoms with Crippen LogP contribution in [0.25, 0.3) is 0 Å². The Morgan fingerprint density at radius 3 is 2.41 bits per heavy atom. The van der Waals surface area contributed by atoms with E-state index in [4.69, 9.17) is 4.42 Å². The van der Waals surface area contributed by atoms with Crippen molar-refractivity contribution in [2.24, 2.45) is 0 Å². The number of furan rings is 1. The van der Waals surface area contributed by atoms with E-state index in [2.05, 4.69) is 10.6 Å². The molecule has 0 atom stereocenters. The summed E-state index contributed by atoms with van der Waals surface area (Å²) in [6, 6.07) is 13.0. The first-order chi connectivity index (χ1) is 15.4. The Balaban J connectivity index is 1.32. The molecule has 1 aromatic carbocycles. The molecule has 2 amide bonds. The van der Waals surface area contributed by atoms with Crippen LogP contribution < -0.4 is 10.6 Å². The van der Waals surface area contributed by atoms with Gasteiger partial charge in [0, 0.05) is 19.6 Å². The zero-order valence-corrected chi connectivity index (χ0v) is 18.9. The van der Waals surface area contributed by atoms with Crippen LogP contribution in [0.3, 0.4) is 0 Å². The van der Waals surface area contributed by atoms with Crippen LogP contribution in [0.2, 0.25) is 0 Å². The highest BCUT2D eigenvalue weighted by molar-refractivity contribution is 7.89. The summed E-state index contributed by atoms with van der Waals surface area (Å²) >= 11 is 1.15. The minimum Gasteiger partial charge on any atom is -0.459 e. The van der Waals surface area contributed by atoms with E-state index >= 15 is 0 Å². The lowest BCUT2D eigenvalue weighted by atomic mass is 10.2. The number of hydrogen-bond donors (Lipinski definition) is 2. The molecule has 32 heavy (non-hydrogen) atoms. The number of carbonyl (C=O) groups is 2. The van der Waals surface area contributed by atoms with Crippen LogP contribution in [0.4, 0.5) is 5.00 Å². The summed E-state index contributed by atoms with van der Waals surface area (Å²) in [6.45, 7) is 1.38. The molecule has 1 aliphatic rings. The Labute approximate surface area is 190 Å². The zero-order valence-electron chi connectivity index (χ0n) is 17.2. The van der Waals surface area contributed by atoms with E-state index in [1.165, 1.54) is 10.6 Å². The molecule has 8 nitrogen and oxygen atoms in total. The number of carbonyl (C=O) groups excluding carboxylic acids is 2. The second-order valence-corrected chi connectivity index (χ2v) is 10.4. The van der Waals surface area contributed by atoms with Crippen LogP contribution in [0.5, 0.6) is 0 Å². The van der Waals surface area contributed by atoms with Gasteiger partial charge in [-0.3, -0.25) is 9.59 Å². The van der Waals surface area contributed by atoms with Crippen molar-refractivity contribution >= 4 is 38.2 Å². The van der Waals surface area contributed by atoms with Crippen molar-refractivity contribution in [3.8, 4) is 0 Å². The number of rotatable bonds is 7. The van der Waals surface area contributed by atoms with Crippen molar-refractivity contribution in [3.05, 3.63) is 71.0 Å². The van der Waals surface area contributed by atoms with Crippen LogP contribution in [-0.2, 0) is 16.6 Å². The summed E-state index contributed by atoms with van der Waals surface area (Å²) in [4.78, 5) is 25.2. The number of thiophene rings is 1. The molecule has 2 N–H and O–H groups in total. The lowest BCUT2D eigenvalue weighted by molar-refractivity contribution is 0.0953. The van der Waals surface area contributed by atoms with Crippen LogP contribution in [0.15, 0.2) is 64.1 Å². The van der Waals surface area contributed by atoms with Crippen LogP contribution >= 0.6 is 11.3 Å². The largest absolute Gasteiger partial charge is 0.459 e. The Kier molecular flexibility index (Phi) is 6.73. The molecule has 168 valence electrons. The number of hydrogen-bond acceptors (Lipinski definition) is 6. The molecule has 0 aliphatic carbocycles. The lowest BCUT2D eigenvalue weighted by Gasteiger charge is -2.25. The molecule has 0 unspecified atom stereocenters. The van der Waals surface area contributed by atoms with E-state index < -0.39 is 10.0 Å². The van der Waals surface area contributed by atoms with Crippen LogP contribution in [0, 0.1) is 0 Å². The van der Waals surface area contributed by atoms with Gasteiger partial charge in [-0.2, -0.15) is 4.31 Å². The molecular weight excluding hydrogens is 450 g/mol. The van der Waals surface area contributed by atoms with Crippen molar-refractivity contribution in [2.75, 3.05) is 18.4 Å². The van der Waals surface area contributed by atoms with Gasteiger partial charge in [-0.25, -0.2) is 8.42 Å². The maximum atomic E-state index is 12.7. The van der Waals surface area contributed by atoms with Gasteiger partial charge in [0.05, 0.1) is 21.0 Å². The van der Waals surface area contributed by atoms with Gasteiger partial charge in [0.15, 0.2) is 5.76 Å². The number of piperidine rings is 1. The number of sulfonamides is 1. The second-order valence-electron chi connectivity index (χ2n) is 7.39. The van der Waals surface area contributed by atoms with Gasteiger partial charge in [-0.1, -0.05) is 18.6 Å². The third-order valence-corrected chi connectivity index (χ3v) is 8.05. The van der Waals surface area contributed by atoms with E-state index in [1.807, 2.05) is 0 Å². The third kappa shape index (κ3) is 5.09. The highest BCUT2D eigenvalue weighted by Crippen LogP contribution is 2.23. The van der Waals surface area contributed by atoms with E-state index in [9.17, 15) is 18.0 Å². The quantitative estimate of drug-likeness (QED) is 0.544. The highest BCUT2D eigenvalue weighted by Gasteiger charge is 2.25. The molecule has 3 aromatic rings. The topological polar surface area (TPSA) is 109 Å². The molecule has 0 bridgehead atoms. The van der Waals surface area contributed by atoms with Crippen molar-refractivity contribution in [1.29, 1.82) is 0 Å². The van der Waals surface area contributed by atoms with E-state index in [-0.39, 0.29) is 29.0 Å². The van der Waals surface area contributed by atoms with E-state index in [0.717, 1.165) is 36.2 Å². The molecule has 1 fully saturated rings. The molecule has 1 saturated heterocycles. The second kappa shape index (κ2) is 9.68. The Morgan fingerprint density at radius 1 is 0.969 bits per heavy atom. The molecule has 3 heterocycles. The Morgan fingerprint density at radius 2 is 1.72 bits per heavy atom. The summed E-state index contributed by atoms with van der Waals surface area (Å²) in [5, 5.41) is 6.03. The summed E-state index contributed by atoms with van der Waals surface area (Å²) in [5.74, 6) is -0.475. The van der Waals surface area contributed by atoms with Crippen molar-refractivity contribution in [3.63, 3.8) is 0 Å². The third-order valence-electron chi connectivity index (χ3n) is 5.14. The fraction of sp³-hybridized carbons (Fsp3) is 0.273. The van der Waals surface area contributed by atoms with Gasteiger partial charge in [-0.05, 0) is 54.8 Å². The fourth-order valence-electron chi connectivity index (χ4n) is 3.41. The number of benzene rings is 1. The fourth-order valence-corrected chi connectivity index (χ4v) is 5.75. The monoisotopic (exact) mass is 473 g/mol. The van der Waals surface area contributed by atoms with Crippen molar-refractivity contribution in [1.82, 2.24) is 9.62 Å². The van der Waals surface area contributed by atoms with Crippen molar-refractivity contribution < 1.29 is 22.4 Å². The van der Waals surface area contributed by atoms with Crippen LogP contribution in [-0.4, -0.2) is 37.6 Å². The molecule has 4 rings (SSSR count).